The van der Waals surface area contributed by atoms with E-state index in [1.165, 1.54) is 7.11 Å². The molecule has 18 heavy (non-hydrogen) atoms. The lowest BCUT2D eigenvalue weighted by Gasteiger charge is -2.23. The molecular weight excluding hydrogens is 236 g/mol. The fourth-order valence-electron chi connectivity index (χ4n) is 1.58. The van der Waals surface area contributed by atoms with Crippen LogP contribution in [-0.2, 0) is 10.3 Å². The average molecular weight is 256 g/mol. The number of hydrogen-bond donors (Lipinski definition) is 1. The molecule has 1 aromatic carbocycles. The molecule has 0 saturated heterocycles. The summed E-state index contributed by atoms with van der Waals surface area (Å²) in [6.45, 7) is 3.44. The minimum Gasteiger partial charge on any atom is -0.493 e. The molecule has 0 aliphatic carbocycles. The summed E-state index contributed by atoms with van der Waals surface area (Å²) in [5.74, 6) is 1.58. The number of benzene rings is 1. The molecule has 0 aliphatic heterocycles. The fourth-order valence-corrected chi connectivity index (χ4v) is 1.58. The lowest BCUT2D eigenvalue weighted by Crippen LogP contribution is -2.18. The van der Waals surface area contributed by atoms with Crippen LogP contribution in [0.3, 0.4) is 0 Å². The molecule has 1 N–H and O–H groups in total. The van der Waals surface area contributed by atoms with Crippen molar-refractivity contribution in [2.45, 2.75) is 19.4 Å². The van der Waals surface area contributed by atoms with Crippen LogP contribution in [0.2, 0.25) is 0 Å². The van der Waals surface area contributed by atoms with Crippen molar-refractivity contribution in [1.82, 2.24) is 0 Å². The summed E-state index contributed by atoms with van der Waals surface area (Å²) in [6, 6.07) is 3.37. The van der Waals surface area contributed by atoms with E-state index in [0.29, 0.717) is 22.8 Å². The summed E-state index contributed by atoms with van der Waals surface area (Å²) in [7, 11) is 4.62. The maximum Gasteiger partial charge on any atom is 0.188 e. The van der Waals surface area contributed by atoms with E-state index in [9.17, 15) is 5.11 Å². The van der Waals surface area contributed by atoms with Gasteiger partial charge >= 0.3 is 0 Å². The normalized spacial score (nSPS) is 11.2. The Balaban J connectivity index is 3.27. The fraction of sp³-hybridized carbons (Fsp3) is 0.538. The van der Waals surface area contributed by atoms with E-state index >= 15 is 0 Å². The topological polar surface area (TPSA) is 57.2 Å². The highest BCUT2D eigenvalue weighted by Crippen LogP contribution is 2.39. The Bertz CT molecular complexity index is 395. The number of rotatable bonds is 6. The van der Waals surface area contributed by atoms with Crippen molar-refractivity contribution in [2.75, 3.05) is 28.1 Å². The quantitative estimate of drug-likeness (QED) is 0.788. The molecule has 0 fully saturated rings. The molecule has 0 amide bonds. The molecular formula is C13H20O5. The number of aliphatic hydroxyl groups is 1. The van der Waals surface area contributed by atoms with Gasteiger partial charge in [0.25, 0.3) is 0 Å². The van der Waals surface area contributed by atoms with E-state index < -0.39 is 5.60 Å². The second kappa shape index (κ2) is 5.93. The van der Waals surface area contributed by atoms with Gasteiger partial charge in [-0.1, -0.05) is 0 Å². The first kappa shape index (κ1) is 14.6. The van der Waals surface area contributed by atoms with Crippen LogP contribution in [0.15, 0.2) is 12.1 Å². The summed E-state index contributed by atoms with van der Waals surface area (Å²) in [6.07, 6.45) is 0. The van der Waals surface area contributed by atoms with E-state index in [2.05, 4.69) is 0 Å². The zero-order chi connectivity index (χ0) is 13.8. The van der Waals surface area contributed by atoms with Gasteiger partial charge in [-0.15, -0.1) is 0 Å². The van der Waals surface area contributed by atoms with E-state index in [-0.39, 0.29) is 6.79 Å². The molecule has 0 atom stereocenters. The molecule has 0 spiro atoms. The van der Waals surface area contributed by atoms with Gasteiger partial charge in [-0.25, -0.2) is 0 Å². The van der Waals surface area contributed by atoms with Crippen LogP contribution in [0.25, 0.3) is 0 Å². The zero-order valence-electron chi connectivity index (χ0n) is 11.4. The number of ether oxygens (including phenoxy) is 4. The van der Waals surface area contributed by atoms with Crippen molar-refractivity contribution in [3.05, 3.63) is 17.7 Å². The zero-order valence-corrected chi connectivity index (χ0v) is 11.4. The third-order valence-corrected chi connectivity index (χ3v) is 2.48. The SMILES string of the molecule is COCOc1cc(OC)c(OC)cc1C(C)(C)O. The van der Waals surface area contributed by atoms with Crippen LogP contribution >= 0.6 is 0 Å². The Kier molecular flexibility index (Phi) is 4.81. The third-order valence-electron chi connectivity index (χ3n) is 2.48. The second-order valence-corrected chi connectivity index (χ2v) is 4.31. The van der Waals surface area contributed by atoms with Crippen LogP contribution in [-0.4, -0.2) is 33.2 Å². The van der Waals surface area contributed by atoms with E-state index in [1.807, 2.05) is 0 Å². The van der Waals surface area contributed by atoms with Gasteiger partial charge in [-0.2, -0.15) is 0 Å². The van der Waals surface area contributed by atoms with Gasteiger partial charge in [0.2, 0.25) is 0 Å². The van der Waals surface area contributed by atoms with Gasteiger partial charge in [0, 0.05) is 18.7 Å². The Labute approximate surface area is 107 Å². The van der Waals surface area contributed by atoms with Gasteiger partial charge in [-0.05, 0) is 19.9 Å². The van der Waals surface area contributed by atoms with Crippen molar-refractivity contribution in [2.24, 2.45) is 0 Å². The maximum atomic E-state index is 10.1. The molecule has 0 aliphatic rings. The third kappa shape index (κ3) is 3.27. The van der Waals surface area contributed by atoms with Crippen molar-refractivity contribution in [3.63, 3.8) is 0 Å². The monoisotopic (exact) mass is 256 g/mol. The molecule has 0 bridgehead atoms. The van der Waals surface area contributed by atoms with Crippen LogP contribution < -0.4 is 14.2 Å². The van der Waals surface area contributed by atoms with Gasteiger partial charge in [0.15, 0.2) is 18.3 Å². The lowest BCUT2D eigenvalue weighted by molar-refractivity contribution is 0.0390. The van der Waals surface area contributed by atoms with Crippen molar-refractivity contribution >= 4 is 0 Å². The van der Waals surface area contributed by atoms with Crippen molar-refractivity contribution in [3.8, 4) is 17.2 Å². The van der Waals surface area contributed by atoms with E-state index in [4.69, 9.17) is 18.9 Å². The molecule has 0 unspecified atom stereocenters. The molecule has 102 valence electrons. The van der Waals surface area contributed by atoms with Crippen LogP contribution in [0.4, 0.5) is 0 Å². The van der Waals surface area contributed by atoms with E-state index in [0.717, 1.165) is 0 Å². The highest BCUT2D eigenvalue weighted by atomic mass is 16.7. The summed E-state index contributed by atoms with van der Waals surface area (Å²) < 4.78 is 20.7. The predicted octanol–water partition coefficient (Wildman–Crippen LogP) is 1.91. The minimum absolute atomic E-state index is 0.0958. The first-order chi connectivity index (χ1) is 8.43. The summed E-state index contributed by atoms with van der Waals surface area (Å²) in [5.41, 5.74) is -0.444. The summed E-state index contributed by atoms with van der Waals surface area (Å²) in [4.78, 5) is 0. The smallest absolute Gasteiger partial charge is 0.188 e. The van der Waals surface area contributed by atoms with Crippen LogP contribution in [0.1, 0.15) is 19.4 Å². The number of methoxy groups -OCH3 is 3. The van der Waals surface area contributed by atoms with Gasteiger partial charge < -0.3 is 24.1 Å². The Morgan fingerprint density at radius 1 is 1.00 bits per heavy atom. The average Bonchev–Trinajstić information content (AvgIpc) is 2.33. The maximum absolute atomic E-state index is 10.1. The van der Waals surface area contributed by atoms with Crippen LogP contribution in [0.5, 0.6) is 17.2 Å². The Morgan fingerprint density at radius 2 is 1.56 bits per heavy atom. The predicted molar refractivity (Wildman–Crippen MR) is 67.3 cm³/mol. The molecule has 5 heteroatoms. The van der Waals surface area contributed by atoms with Crippen molar-refractivity contribution < 1.29 is 24.1 Å². The molecule has 0 radical (unpaired) electrons. The molecule has 5 nitrogen and oxygen atoms in total. The molecule has 1 rings (SSSR count). The molecule has 0 aromatic heterocycles. The summed E-state index contributed by atoms with van der Waals surface area (Å²) in [5, 5.41) is 10.1. The second-order valence-electron chi connectivity index (χ2n) is 4.31. The van der Waals surface area contributed by atoms with Crippen LogP contribution in [0, 0.1) is 0 Å². The van der Waals surface area contributed by atoms with Gasteiger partial charge in [0.05, 0.1) is 19.8 Å². The van der Waals surface area contributed by atoms with Crippen molar-refractivity contribution in [1.29, 1.82) is 0 Å². The molecule has 1 aromatic rings. The first-order valence-electron chi connectivity index (χ1n) is 5.54. The van der Waals surface area contributed by atoms with Gasteiger partial charge in [0.1, 0.15) is 5.75 Å². The number of hydrogen-bond acceptors (Lipinski definition) is 5. The highest BCUT2D eigenvalue weighted by molar-refractivity contribution is 5.52. The standard InChI is InChI=1S/C13H20O5/c1-13(2,14)9-6-11(16-4)12(17-5)7-10(9)18-8-15-3/h6-7,14H,8H2,1-5H3. The first-order valence-corrected chi connectivity index (χ1v) is 5.54. The van der Waals surface area contributed by atoms with Gasteiger partial charge in [-0.3, -0.25) is 0 Å². The summed E-state index contributed by atoms with van der Waals surface area (Å²) >= 11 is 0. The Hall–Kier alpha value is -1.46. The highest BCUT2D eigenvalue weighted by Gasteiger charge is 2.24. The lowest BCUT2D eigenvalue weighted by atomic mass is 9.97. The van der Waals surface area contributed by atoms with E-state index in [1.54, 1.807) is 40.2 Å². The molecule has 0 heterocycles. The minimum atomic E-state index is -1.05. The molecule has 0 saturated carbocycles. The Morgan fingerprint density at radius 3 is 2.00 bits per heavy atom. The largest absolute Gasteiger partial charge is 0.493 e.